The molecule has 3 heterocycles. The second-order valence-corrected chi connectivity index (χ2v) is 26.2. The summed E-state index contributed by atoms with van der Waals surface area (Å²) in [5.41, 5.74) is 22.2. The molecule has 0 radical (unpaired) electrons. The quantitative estimate of drug-likeness (QED) is 0.150. The Labute approximate surface area is 532 Å². The Bertz CT molecular complexity index is 5030. The zero-order valence-corrected chi connectivity index (χ0v) is 52.5. The summed E-state index contributed by atoms with van der Waals surface area (Å²) in [6.07, 6.45) is 0. The molecule has 0 aliphatic heterocycles. The Morgan fingerprint density at radius 1 is 0.242 bits per heavy atom. The topological polar surface area (TPSA) is 90.5 Å². The molecule has 0 bridgehead atoms. The molecule has 7 heteroatoms. The van der Waals surface area contributed by atoms with Crippen molar-refractivity contribution in [2.45, 2.75) is 77.0 Å². The summed E-state index contributed by atoms with van der Waals surface area (Å²) in [5.74, 6) is 3.93. The van der Waals surface area contributed by atoms with Crippen molar-refractivity contribution in [2.24, 2.45) is 0 Å². The standard InChI is InChI=1S/C45H35N3O.C39H33N3/c1-44(2)35-22-13-20-33(39(35)31-26-25-30(27-36(31)45(44,3)4)28-15-7-5-8-16-28)42-46-41(29-17-9-6-10-18-29)47-43(48-42)34-21-14-24-38-40(34)32-19-11-12-23-37(32)49-38;1-38(2)33-24-23-29(25-32(33)31-22-14-21-30(34(31)39(38,3)4)26-15-8-5-9-16-26)37-41-35(27-17-10-6-11-18-27)40-36(42-37)28-19-12-7-13-20-28/h5-27H,1-4H3;5-25H,1-4H3. The second-order valence-electron chi connectivity index (χ2n) is 26.2. The minimum Gasteiger partial charge on any atom is -0.456 e. The van der Waals surface area contributed by atoms with Gasteiger partial charge in [0.25, 0.3) is 0 Å². The molecule has 0 saturated carbocycles. The summed E-state index contributed by atoms with van der Waals surface area (Å²) >= 11 is 0. The van der Waals surface area contributed by atoms with Crippen LogP contribution in [0.3, 0.4) is 0 Å². The van der Waals surface area contributed by atoms with Crippen LogP contribution in [0.2, 0.25) is 0 Å². The van der Waals surface area contributed by atoms with Gasteiger partial charge in [-0.25, -0.2) is 29.9 Å². The van der Waals surface area contributed by atoms with Crippen molar-refractivity contribution in [1.82, 2.24) is 29.9 Å². The van der Waals surface area contributed by atoms with Crippen LogP contribution in [-0.2, 0) is 21.7 Å². The molecule has 16 rings (SSSR count). The highest BCUT2D eigenvalue weighted by molar-refractivity contribution is 6.12. The van der Waals surface area contributed by atoms with Crippen LogP contribution in [0.15, 0.2) is 271 Å². The van der Waals surface area contributed by atoms with Gasteiger partial charge in [0.15, 0.2) is 34.9 Å². The normalized spacial score (nSPS) is 14.5. The Morgan fingerprint density at radius 2 is 0.670 bits per heavy atom. The third kappa shape index (κ3) is 9.57. The van der Waals surface area contributed by atoms with E-state index >= 15 is 0 Å². The molecule has 2 aliphatic rings. The van der Waals surface area contributed by atoms with Crippen molar-refractivity contribution in [1.29, 1.82) is 0 Å². The summed E-state index contributed by atoms with van der Waals surface area (Å²) in [7, 11) is 0. The number of hydrogen-bond donors (Lipinski definition) is 0. The number of rotatable bonds is 8. The fourth-order valence-electron chi connectivity index (χ4n) is 14.0. The maximum absolute atomic E-state index is 6.27. The van der Waals surface area contributed by atoms with Crippen LogP contribution in [0.25, 0.3) is 135 Å². The molecule has 3 aromatic heterocycles. The molecule has 2 aliphatic carbocycles. The molecule has 0 saturated heterocycles. The van der Waals surface area contributed by atoms with Gasteiger partial charge in [-0.3, -0.25) is 0 Å². The average molecular weight is 1180 g/mol. The lowest BCUT2D eigenvalue weighted by Gasteiger charge is -2.49. The van der Waals surface area contributed by atoms with Gasteiger partial charge in [0.05, 0.1) is 0 Å². The second kappa shape index (κ2) is 22.1. The number of para-hydroxylation sites is 1. The SMILES string of the molecule is CC1(C)c2cc(-c3ccccc3)ccc2-c2c(-c3nc(-c4ccccc4)nc(-c4cccc5oc6ccccc6c45)n3)cccc2C1(C)C.CC1(C)c2ccc(-c3nc(-c4ccccc4)nc(-c4ccccc4)n3)cc2-c2cccc(-c3ccccc3)c2C1(C)C. The van der Waals surface area contributed by atoms with Gasteiger partial charge >= 0.3 is 0 Å². The van der Waals surface area contributed by atoms with Crippen molar-refractivity contribution in [3.05, 3.63) is 289 Å². The number of benzene rings is 11. The van der Waals surface area contributed by atoms with E-state index in [1.165, 1.54) is 66.8 Å². The highest BCUT2D eigenvalue weighted by atomic mass is 16.3. The van der Waals surface area contributed by atoms with E-state index in [4.69, 9.17) is 34.3 Å². The van der Waals surface area contributed by atoms with Crippen molar-refractivity contribution in [2.75, 3.05) is 0 Å². The van der Waals surface area contributed by atoms with E-state index in [-0.39, 0.29) is 21.7 Å². The summed E-state index contributed by atoms with van der Waals surface area (Å²) in [6.45, 7) is 19.0. The van der Waals surface area contributed by atoms with Gasteiger partial charge in [-0.2, -0.15) is 0 Å². The Morgan fingerprint density at radius 3 is 1.29 bits per heavy atom. The Hall–Kier alpha value is -10.8. The minimum atomic E-state index is -0.180. The monoisotopic (exact) mass is 1180 g/mol. The maximum Gasteiger partial charge on any atom is 0.164 e. The van der Waals surface area contributed by atoms with Gasteiger partial charge in [0.1, 0.15) is 11.2 Å². The first-order valence-electron chi connectivity index (χ1n) is 31.4. The van der Waals surface area contributed by atoms with Gasteiger partial charge in [-0.05, 0) is 107 Å². The van der Waals surface area contributed by atoms with Crippen LogP contribution in [-0.4, -0.2) is 29.9 Å². The molecule has 0 atom stereocenters. The van der Waals surface area contributed by atoms with Gasteiger partial charge in [-0.15, -0.1) is 0 Å². The molecular weight excluding hydrogens is 1110 g/mol. The van der Waals surface area contributed by atoms with E-state index in [0.717, 1.165) is 55.3 Å². The van der Waals surface area contributed by atoms with E-state index in [1.54, 1.807) is 0 Å². The zero-order valence-electron chi connectivity index (χ0n) is 52.5. The number of hydrogen-bond acceptors (Lipinski definition) is 7. The van der Waals surface area contributed by atoms with E-state index < -0.39 is 0 Å². The molecule has 0 unspecified atom stereocenters. The lowest BCUT2D eigenvalue weighted by molar-refractivity contribution is 0.299. The molecule has 91 heavy (non-hydrogen) atoms. The highest BCUT2D eigenvalue weighted by Gasteiger charge is 2.48. The molecule has 0 fully saturated rings. The predicted octanol–water partition coefficient (Wildman–Crippen LogP) is 21.5. The molecule has 7 nitrogen and oxygen atoms in total. The first kappa shape index (κ1) is 56.7. The lowest BCUT2D eigenvalue weighted by atomic mass is 9.54. The molecule has 0 spiro atoms. The van der Waals surface area contributed by atoms with Crippen LogP contribution < -0.4 is 0 Å². The van der Waals surface area contributed by atoms with Gasteiger partial charge in [-0.1, -0.05) is 298 Å². The smallest absolute Gasteiger partial charge is 0.164 e. The fraction of sp³-hybridized carbons (Fsp3) is 0.143. The molecular formula is C84H68N6O. The Balaban J connectivity index is 0.000000153. The van der Waals surface area contributed by atoms with Crippen molar-refractivity contribution in [3.8, 4) is 113 Å². The van der Waals surface area contributed by atoms with Gasteiger partial charge in [0.2, 0.25) is 0 Å². The third-order valence-corrected chi connectivity index (χ3v) is 20.2. The third-order valence-electron chi connectivity index (χ3n) is 20.2. The van der Waals surface area contributed by atoms with E-state index in [0.29, 0.717) is 34.9 Å². The molecule has 0 amide bonds. The van der Waals surface area contributed by atoms with Crippen LogP contribution in [0.1, 0.15) is 77.6 Å². The minimum absolute atomic E-state index is 0.0998. The van der Waals surface area contributed by atoms with E-state index in [1.807, 2.05) is 109 Å². The van der Waals surface area contributed by atoms with Gasteiger partial charge < -0.3 is 4.42 Å². The molecule has 11 aromatic carbocycles. The van der Waals surface area contributed by atoms with Gasteiger partial charge in [0, 0.05) is 49.6 Å². The molecule has 14 aromatic rings. The number of nitrogens with zero attached hydrogens (tertiary/aromatic N) is 6. The summed E-state index contributed by atoms with van der Waals surface area (Å²) < 4.78 is 6.27. The maximum atomic E-state index is 6.27. The highest BCUT2D eigenvalue weighted by Crippen LogP contribution is 2.58. The number of aromatic nitrogens is 6. The van der Waals surface area contributed by atoms with E-state index in [9.17, 15) is 0 Å². The van der Waals surface area contributed by atoms with Crippen LogP contribution in [0.5, 0.6) is 0 Å². The van der Waals surface area contributed by atoms with Crippen LogP contribution in [0, 0.1) is 0 Å². The molecule has 440 valence electrons. The lowest BCUT2D eigenvalue weighted by Crippen LogP contribution is -2.44. The summed E-state index contributed by atoms with van der Waals surface area (Å²) in [5, 5.41) is 2.05. The van der Waals surface area contributed by atoms with Crippen LogP contribution >= 0.6 is 0 Å². The first-order valence-corrected chi connectivity index (χ1v) is 31.4. The van der Waals surface area contributed by atoms with Crippen LogP contribution in [0.4, 0.5) is 0 Å². The molecule has 0 N–H and O–H groups in total. The fourth-order valence-corrected chi connectivity index (χ4v) is 14.0. The van der Waals surface area contributed by atoms with Crippen molar-refractivity contribution in [3.63, 3.8) is 0 Å². The first-order chi connectivity index (χ1) is 44.2. The predicted molar refractivity (Wildman–Crippen MR) is 373 cm³/mol. The van der Waals surface area contributed by atoms with E-state index in [2.05, 4.69) is 213 Å². The number of furan rings is 1. The number of fused-ring (bicyclic) bond motifs is 9. The van der Waals surface area contributed by atoms with Crippen molar-refractivity contribution >= 4 is 21.9 Å². The van der Waals surface area contributed by atoms with Crippen molar-refractivity contribution < 1.29 is 4.42 Å². The average Bonchev–Trinajstić information content (AvgIpc) is 1.25. The Kier molecular flexibility index (Phi) is 13.8. The zero-order chi connectivity index (χ0) is 62.2. The summed E-state index contributed by atoms with van der Waals surface area (Å²) in [4.78, 5) is 30.6. The largest absolute Gasteiger partial charge is 0.456 e. The summed E-state index contributed by atoms with van der Waals surface area (Å²) in [6, 6.07) is 93.2.